The van der Waals surface area contributed by atoms with Crippen molar-refractivity contribution in [2.24, 2.45) is 0 Å². The summed E-state index contributed by atoms with van der Waals surface area (Å²) < 4.78 is 23.3. The SMILES string of the molecule is O=C(c1ccc(Cl)cc1Cl)N1CC2CC1CS2(=O)=O. The highest BCUT2D eigenvalue weighted by atomic mass is 35.5. The molecule has 1 aromatic rings. The molecule has 0 aliphatic carbocycles. The predicted octanol–water partition coefficient (Wildman–Crippen LogP) is 2.00. The number of carbonyl (C=O) groups excluding carboxylic acids is 1. The van der Waals surface area contributed by atoms with Crippen LogP contribution >= 0.6 is 23.2 Å². The van der Waals surface area contributed by atoms with E-state index in [2.05, 4.69) is 0 Å². The summed E-state index contributed by atoms with van der Waals surface area (Å²) in [6.45, 7) is 0.269. The van der Waals surface area contributed by atoms with Crippen LogP contribution in [0.1, 0.15) is 16.8 Å². The minimum atomic E-state index is -3.00. The number of sulfone groups is 1. The number of likely N-dealkylation sites (tertiary alicyclic amines) is 1. The third-order valence-corrected chi connectivity index (χ3v) is 6.49. The average Bonchev–Trinajstić information content (AvgIpc) is 2.83. The quantitative estimate of drug-likeness (QED) is 0.795. The van der Waals surface area contributed by atoms with E-state index in [9.17, 15) is 13.2 Å². The van der Waals surface area contributed by atoms with Crippen LogP contribution in [0.4, 0.5) is 0 Å². The normalized spacial score (nSPS) is 27.8. The second kappa shape index (κ2) is 4.36. The Hall–Kier alpha value is -0.780. The van der Waals surface area contributed by atoms with Crippen LogP contribution in [0.5, 0.6) is 0 Å². The Kier molecular flexibility index (Phi) is 3.04. The van der Waals surface area contributed by atoms with Crippen molar-refractivity contribution < 1.29 is 13.2 Å². The molecule has 2 aliphatic rings. The van der Waals surface area contributed by atoms with Crippen molar-refractivity contribution >= 4 is 38.9 Å². The summed E-state index contributed by atoms with van der Waals surface area (Å²) in [5, 5.41) is 0.350. The van der Waals surface area contributed by atoms with E-state index in [1.54, 1.807) is 17.0 Å². The van der Waals surface area contributed by atoms with Crippen LogP contribution in [0.2, 0.25) is 10.0 Å². The first-order chi connectivity index (χ1) is 8.88. The van der Waals surface area contributed by atoms with Crippen LogP contribution in [0.15, 0.2) is 18.2 Å². The summed E-state index contributed by atoms with van der Waals surface area (Å²) in [6, 6.07) is 4.48. The maximum atomic E-state index is 12.4. The van der Waals surface area contributed by atoms with Gasteiger partial charge in [-0.25, -0.2) is 8.42 Å². The summed E-state index contributed by atoms with van der Waals surface area (Å²) >= 11 is 11.8. The van der Waals surface area contributed by atoms with Crippen molar-refractivity contribution in [2.75, 3.05) is 12.3 Å². The smallest absolute Gasteiger partial charge is 0.255 e. The largest absolute Gasteiger partial charge is 0.333 e. The predicted molar refractivity (Wildman–Crippen MR) is 73.5 cm³/mol. The maximum absolute atomic E-state index is 12.4. The molecule has 2 bridgehead atoms. The molecule has 0 aromatic heterocycles. The van der Waals surface area contributed by atoms with Gasteiger partial charge in [-0.1, -0.05) is 23.2 Å². The molecule has 2 fully saturated rings. The van der Waals surface area contributed by atoms with Crippen LogP contribution in [0.25, 0.3) is 0 Å². The van der Waals surface area contributed by atoms with Gasteiger partial charge in [0.2, 0.25) is 0 Å². The van der Waals surface area contributed by atoms with Crippen LogP contribution in [-0.4, -0.2) is 42.8 Å². The Morgan fingerprint density at radius 2 is 2.05 bits per heavy atom. The molecule has 4 nitrogen and oxygen atoms in total. The third kappa shape index (κ3) is 2.14. The number of benzene rings is 1. The zero-order valence-electron chi connectivity index (χ0n) is 9.84. The molecule has 7 heteroatoms. The third-order valence-electron chi connectivity index (χ3n) is 3.73. The van der Waals surface area contributed by atoms with E-state index in [0.717, 1.165) is 0 Å². The van der Waals surface area contributed by atoms with Gasteiger partial charge in [0, 0.05) is 17.6 Å². The van der Waals surface area contributed by atoms with Crippen molar-refractivity contribution in [1.29, 1.82) is 0 Å². The van der Waals surface area contributed by atoms with Crippen molar-refractivity contribution in [3.63, 3.8) is 0 Å². The van der Waals surface area contributed by atoms with Crippen molar-refractivity contribution in [3.8, 4) is 0 Å². The Labute approximate surface area is 121 Å². The number of rotatable bonds is 1. The lowest BCUT2D eigenvalue weighted by atomic mass is 10.2. The van der Waals surface area contributed by atoms with Crippen molar-refractivity contribution in [3.05, 3.63) is 33.8 Å². The standard InChI is InChI=1S/C12H11Cl2NO3S/c13-7-1-2-10(11(14)3-7)12(16)15-5-9-4-8(15)6-19(9,17)18/h1-3,8-9H,4-6H2. The number of halogens is 2. The van der Waals surface area contributed by atoms with E-state index in [-0.39, 0.29) is 24.2 Å². The molecule has 2 heterocycles. The highest BCUT2D eigenvalue weighted by Crippen LogP contribution is 2.35. The Bertz CT molecular complexity index is 659. The van der Waals surface area contributed by atoms with Crippen molar-refractivity contribution in [2.45, 2.75) is 17.7 Å². The molecule has 102 valence electrons. The minimum absolute atomic E-state index is 0.0641. The van der Waals surface area contributed by atoms with Gasteiger partial charge in [-0.3, -0.25) is 4.79 Å². The molecular formula is C12H11Cl2NO3S. The minimum Gasteiger partial charge on any atom is -0.333 e. The number of hydrogen-bond acceptors (Lipinski definition) is 3. The first-order valence-electron chi connectivity index (χ1n) is 5.86. The Morgan fingerprint density at radius 3 is 2.58 bits per heavy atom. The van der Waals surface area contributed by atoms with E-state index in [0.29, 0.717) is 22.0 Å². The van der Waals surface area contributed by atoms with E-state index in [1.165, 1.54) is 6.07 Å². The Morgan fingerprint density at radius 1 is 1.32 bits per heavy atom. The fourth-order valence-corrected chi connectivity index (χ4v) is 5.28. The van der Waals surface area contributed by atoms with Gasteiger partial charge in [-0.05, 0) is 24.6 Å². The fourth-order valence-electron chi connectivity index (χ4n) is 2.76. The van der Waals surface area contributed by atoms with E-state index in [1.807, 2.05) is 0 Å². The average molecular weight is 320 g/mol. The molecule has 0 saturated carbocycles. The summed E-state index contributed by atoms with van der Waals surface area (Å²) in [7, 11) is -3.00. The van der Waals surface area contributed by atoms with Gasteiger partial charge in [0.25, 0.3) is 5.91 Å². The van der Waals surface area contributed by atoms with E-state index in [4.69, 9.17) is 23.2 Å². The van der Waals surface area contributed by atoms with Gasteiger partial charge in [0.1, 0.15) is 0 Å². The van der Waals surface area contributed by atoms with Gasteiger partial charge in [0.15, 0.2) is 9.84 Å². The van der Waals surface area contributed by atoms with Crippen LogP contribution in [-0.2, 0) is 9.84 Å². The van der Waals surface area contributed by atoms with Gasteiger partial charge < -0.3 is 4.90 Å². The first kappa shape index (κ1) is 13.2. The molecule has 0 spiro atoms. The van der Waals surface area contributed by atoms with E-state index < -0.39 is 15.1 Å². The molecule has 2 atom stereocenters. The number of hydrogen-bond donors (Lipinski definition) is 0. The maximum Gasteiger partial charge on any atom is 0.255 e. The summed E-state index contributed by atoms with van der Waals surface area (Å²) in [5.41, 5.74) is 0.371. The second-order valence-corrected chi connectivity index (χ2v) is 8.09. The second-order valence-electron chi connectivity index (χ2n) is 4.92. The van der Waals surface area contributed by atoms with Crippen molar-refractivity contribution in [1.82, 2.24) is 4.90 Å². The van der Waals surface area contributed by atoms with E-state index >= 15 is 0 Å². The molecule has 2 unspecified atom stereocenters. The molecular weight excluding hydrogens is 309 g/mol. The molecule has 2 aliphatic heterocycles. The van der Waals surface area contributed by atoms with Gasteiger partial charge >= 0.3 is 0 Å². The van der Waals surface area contributed by atoms with Crippen LogP contribution in [0.3, 0.4) is 0 Å². The molecule has 1 aromatic carbocycles. The lowest BCUT2D eigenvalue weighted by molar-refractivity contribution is 0.0746. The van der Waals surface area contributed by atoms with Crippen LogP contribution < -0.4 is 0 Å². The van der Waals surface area contributed by atoms with Gasteiger partial charge in [0.05, 0.1) is 21.6 Å². The zero-order valence-corrected chi connectivity index (χ0v) is 12.2. The fraction of sp³-hybridized carbons (Fsp3) is 0.417. The highest BCUT2D eigenvalue weighted by Gasteiger charge is 2.50. The molecule has 2 saturated heterocycles. The van der Waals surface area contributed by atoms with Gasteiger partial charge in [-0.2, -0.15) is 0 Å². The topological polar surface area (TPSA) is 54.5 Å². The lowest BCUT2D eigenvalue weighted by Crippen LogP contribution is -2.44. The molecule has 3 rings (SSSR count). The number of amides is 1. The summed E-state index contributed by atoms with van der Waals surface area (Å²) in [6.07, 6.45) is 0.541. The highest BCUT2D eigenvalue weighted by molar-refractivity contribution is 7.92. The molecule has 0 radical (unpaired) electrons. The van der Waals surface area contributed by atoms with Gasteiger partial charge in [-0.15, -0.1) is 0 Å². The Balaban J connectivity index is 1.87. The first-order valence-corrected chi connectivity index (χ1v) is 8.33. The molecule has 19 heavy (non-hydrogen) atoms. The zero-order chi connectivity index (χ0) is 13.8. The molecule has 1 amide bonds. The van der Waals surface area contributed by atoms with Crippen LogP contribution in [0, 0.1) is 0 Å². The number of nitrogens with zero attached hydrogens (tertiary/aromatic N) is 1. The number of fused-ring (bicyclic) bond motifs is 2. The molecule has 0 N–H and O–H groups in total. The summed E-state index contributed by atoms with van der Waals surface area (Å²) in [4.78, 5) is 14.0. The lowest BCUT2D eigenvalue weighted by Gasteiger charge is -2.27. The monoisotopic (exact) mass is 319 g/mol. The number of carbonyl (C=O) groups is 1. The summed E-state index contributed by atoms with van der Waals surface area (Å²) in [5.74, 6) is -0.154.